The Hall–Kier alpha value is -1.54. The number of alkyl halides is 1. The van der Waals surface area contributed by atoms with E-state index in [-0.39, 0.29) is 12.8 Å². The number of halogens is 2. The lowest BCUT2D eigenvalue weighted by molar-refractivity contribution is -0.109. The summed E-state index contributed by atoms with van der Waals surface area (Å²) < 4.78 is 32.3. The van der Waals surface area contributed by atoms with Gasteiger partial charge in [-0.15, -0.1) is 0 Å². The number of rotatable bonds is 3. The van der Waals surface area contributed by atoms with Crippen LogP contribution in [0.25, 0.3) is 0 Å². The van der Waals surface area contributed by atoms with Crippen LogP contribution in [0.2, 0.25) is 0 Å². The minimum atomic E-state index is -1.32. The summed E-state index contributed by atoms with van der Waals surface area (Å²) in [6.07, 6.45) is 0.558. The second-order valence-corrected chi connectivity index (χ2v) is 4.25. The summed E-state index contributed by atoms with van der Waals surface area (Å²) in [5, 5.41) is 9.09. The van der Waals surface area contributed by atoms with Crippen molar-refractivity contribution in [3.63, 3.8) is 0 Å². The van der Waals surface area contributed by atoms with Crippen LogP contribution in [0, 0.1) is 5.82 Å². The van der Waals surface area contributed by atoms with Crippen molar-refractivity contribution in [1.82, 2.24) is 9.55 Å². The first-order valence-electron chi connectivity index (χ1n) is 5.40. The molecular weight excluding hydrogens is 248 g/mol. The number of nitrogens with zero attached hydrogens (tertiary/aromatic N) is 2. The molecule has 1 fully saturated rings. The average molecular weight is 261 g/mol. The molecule has 1 aromatic rings. The van der Waals surface area contributed by atoms with Crippen LogP contribution in [0.1, 0.15) is 19.1 Å². The van der Waals surface area contributed by atoms with Crippen molar-refractivity contribution in [3.05, 3.63) is 22.5 Å². The predicted molar refractivity (Wildman–Crippen MR) is 58.0 cm³/mol. The minimum absolute atomic E-state index is 0.239. The van der Waals surface area contributed by atoms with Crippen molar-refractivity contribution >= 4 is 5.82 Å². The van der Waals surface area contributed by atoms with Gasteiger partial charge in [0.15, 0.2) is 11.6 Å². The van der Waals surface area contributed by atoms with E-state index in [0.717, 1.165) is 10.8 Å². The zero-order chi connectivity index (χ0) is 13.3. The van der Waals surface area contributed by atoms with Gasteiger partial charge in [0.25, 0.3) is 0 Å². The molecule has 0 spiro atoms. The SMILES string of the molecule is Nc1nc(=O)n(C2CCC(CO)(CF)O2)cc1F. The Kier molecular flexibility index (Phi) is 3.31. The standard InChI is InChI=1S/C10H13F2N3O3/c11-4-10(5-16)2-1-7(18-10)15-3-6(12)8(13)14-9(15)17/h3,7,16H,1-2,4-5H2,(H2,13,14,17). The maximum absolute atomic E-state index is 13.2. The molecule has 1 aliphatic heterocycles. The highest BCUT2D eigenvalue weighted by molar-refractivity contribution is 5.26. The number of nitrogen functional groups attached to an aromatic ring is 1. The smallest absolute Gasteiger partial charge is 0.351 e. The second-order valence-electron chi connectivity index (χ2n) is 4.25. The maximum atomic E-state index is 13.2. The molecule has 2 rings (SSSR count). The van der Waals surface area contributed by atoms with Gasteiger partial charge in [0, 0.05) is 0 Å². The van der Waals surface area contributed by atoms with Crippen molar-refractivity contribution in [1.29, 1.82) is 0 Å². The highest BCUT2D eigenvalue weighted by Gasteiger charge is 2.41. The van der Waals surface area contributed by atoms with Gasteiger partial charge in [0.1, 0.15) is 18.5 Å². The van der Waals surface area contributed by atoms with E-state index in [4.69, 9.17) is 15.6 Å². The quantitative estimate of drug-likeness (QED) is 0.797. The molecule has 100 valence electrons. The fourth-order valence-electron chi connectivity index (χ4n) is 1.91. The molecule has 0 bridgehead atoms. The molecule has 18 heavy (non-hydrogen) atoms. The molecule has 1 saturated heterocycles. The number of aliphatic hydroxyl groups excluding tert-OH is 1. The molecule has 0 amide bonds. The number of aliphatic hydroxyl groups is 1. The molecule has 0 radical (unpaired) electrons. The first-order valence-corrected chi connectivity index (χ1v) is 5.40. The molecule has 6 nitrogen and oxygen atoms in total. The first kappa shape index (κ1) is 12.9. The van der Waals surface area contributed by atoms with Crippen LogP contribution in [0.4, 0.5) is 14.6 Å². The summed E-state index contributed by atoms with van der Waals surface area (Å²) in [4.78, 5) is 14.8. The molecule has 2 unspecified atom stereocenters. The van der Waals surface area contributed by atoms with E-state index < -0.39 is 42.4 Å². The summed E-state index contributed by atoms with van der Waals surface area (Å²) in [6, 6.07) is 0. The van der Waals surface area contributed by atoms with Crippen molar-refractivity contribution in [2.24, 2.45) is 0 Å². The van der Waals surface area contributed by atoms with Gasteiger partial charge in [0.2, 0.25) is 0 Å². The summed E-state index contributed by atoms with van der Waals surface area (Å²) in [7, 11) is 0. The Labute approximate surface area is 101 Å². The number of hydrogen-bond donors (Lipinski definition) is 2. The van der Waals surface area contributed by atoms with Gasteiger partial charge in [-0.05, 0) is 12.8 Å². The lowest BCUT2D eigenvalue weighted by Crippen LogP contribution is -2.37. The number of aromatic nitrogens is 2. The maximum Gasteiger partial charge on any atom is 0.351 e. The Bertz CT molecular complexity index is 502. The third kappa shape index (κ3) is 2.08. The van der Waals surface area contributed by atoms with E-state index in [1.54, 1.807) is 0 Å². The number of ether oxygens (including phenoxy) is 1. The van der Waals surface area contributed by atoms with Crippen LogP contribution in [0.3, 0.4) is 0 Å². The van der Waals surface area contributed by atoms with Crippen LogP contribution in [0.5, 0.6) is 0 Å². The number of hydrogen-bond acceptors (Lipinski definition) is 5. The van der Waals surface area contributed by atoms with Gasteiger partial charge < -0.3 is 15.6 Å². The molecule has 8 heteroatoms. The number of nitrogens with two attached hydrogens (primary N) is 1. The Morgan fingerprint density at radius 2 is 2.44 bits per heavy atom. The van der Waals surface area contributed by atoms with Crippen molar-refractivity contribution in [3.8, 4) is 0 Å². The lowest BCUT2D eigenvalue weighted by atomic mass is 10.0. The highest BCUT2D eigenvalue weighted by Crippen LogP contribution is 2.35. The zero-order valence-electron chi connectivity index (χ0n) is 9.47. The largest absolute Gasteiger partial charge is 0.393 e. The summed E-state index contributed by atoms with van der Waals surface area (Å²) in [5.74, 6) is -1.34. The van der Waals surface area contributed by atoms with E-state index in [2.05, 4.69) is 4.98 Å². The molecule has 0 aromatic carbocycles. The average Bonchev–Trinajstić information content (AvgIpc) is 2.79. The Balaban J connectivity index is 2.30. The van der Waals surface area contributed by atoms with E-state index in [9.17, 15) is 13.6 Å². The van der Waals surface area contributed by atoms with E-state index in [0.29, 0.717) is 0 Å². The molecule has 2 atom stereocenters. The van der Waals surface area contributed by atoms with Crippen LogP contribution in [0.15, 0.2) is 11.0 Å². The fourth-order valence-corrected chi connectivity index (χ4v) is 1.91. The van der Waals surface area contributed by atoms with Gasteiger partial charge in [-0.25, -0.2) is 13.6 Å². The van der Waals surface area contributed by atoms with Crippen LogP contribution >= 0.6 is 0 Å². The number of anilines is 1. The van der Waals surface area contributed by atoms with Gasteiger partial charge in [-0.3, -0.25) is 4.57 Å². The monoisotopic (exact) mass is 261 g/mol. The molecule has 0 aliphatic carbocycles. The normalized spacial score (nSPS) is 27.6. The molecule has 1 aliphatic rings. The van der Waals surface area contributed by atoms with E-state index >= 15 is 0 Å². The summed E-state index contributed by atoms with van der Waals surface area (Å²) in [6.45, 7) is -1.38. The minimum Gasteiger partial charge on any atom is -0.393 e. The summed E-state index contributed by atoms with van der Waals surface area (Å²) >= 11 is 0. The van der Waals surface area contributed by atoms with Gasteiger partial charge in [-0.1, -0.05) is 0 Å². The zero-order valence-corrected chi connectivity index (χ0v) is 9.47. The molecule has 0 saturated carbocycles. The molecule has 1 aromatic heterocycles. The predicted octanol–water partition coefficient (Wildman–Crippen LogP) is -0.0258. The first-order chi connectivity index (χ1) is 8.51. The van der Waals surface area contributed by atoms with Crippen LogP contribution < -0.4 is 11.4 Å². The van der Waals surface area contributed by atoms with Crippen LogP contribution in [-0.4, -0.2) is 33.5 Å². The van der Waals surface area contributed by atoms with E-state index in [1.165, 1.54) is 0 Å². The topological polar surface area (TPSA) is 90.4 Å². The molecule has 2 heterocycles. The van der Waals surface area contributed by atoms with Crippen molar-refractivity contribution in [2.45, 2.75) is 24.7 Å². The summed E-state index contributed by atoms with van der Waals surface area (Å²) in [5.41, 5.74) is 3.06. The van der Waals surface area contributed by atoms with Gasteiger partial charge in [0.05, 0.1) is 12.8 Å². The highest BCUT2D eigenvalue weighted by atomic mass is 19.1. The molecule has 3 N–H and O–H groups in total. The lowest BCUT2D eigenvalue weighted by Gasteiger charge is -2.24. The fraction of sp³-hybridized carbons (Fsp3) is 0.600. The van der Waals surface area contributed by atoms with Crippen molar-refractivity contribution < 1.29 is 18.6 Å². The van der Waals surface area contributed by atoms with Crippen LogP contribution in [-0.2, 0) is 4.74 Å². The van der Waals surface area contributed by atoms with Gasteiger partial charge in [-0.2, -0.15) is 4.98 Å². The van der Waals surface area contributed by atoms with Crippen molar-refractivity contribution in [2.75, 3.05) is 19.0 Å². The third-order valence-corrected chi connectivity index (χ3v) is 3.01. The molecular formula is C10H13F2N3O3. The van der Waals surface area contributed by atoms with E-state index in [1.807, 2.05) is 0 Å². The van der Waals surface area contributed by atoms with Gasteiger partial charge >= 0.3 is 5.69 Å². The Morgan fingerprint density at radius 1 is 1.72 bits per heavy atom. The second kappa shape index (κ2) is 4.62. The Morgan fingerprint density at radius 3 is 3.00 bits per heavy atom. The third-order valence-electron chi connectivity index (χ3n) is 3.01.